The summed E-state index contributed by atoms with van der Waals surface area (Å²) in [4.78, 5) is 0. The molecule has 2 atom stereocenters. The fourth-order valence-electron chi connectivity index (χ4n) is 0.625. The molecule has 0 amide bonds. The fourth-order valence-corrected chi connectivity index (χ4v) is 0.625. The van der Waals surface area contributed by atoms with E-state index in [4.69, 9.17) is 15.3 Å². The van der Waals surface area contributed by atoms with Crippen LogP contribution in [0.3, 0.4) is 0 Å². The standard InChI is InChI=1S/C7H17NO3/c1-6(4-9)2-8-3-7(11)5-10/h6-11H,2-5H2,1H3. The van der Waals surface area contributed by atoms with Gasteiger partial charge in [-0.25, -0.2) is 0 Å². The normalized spacial score (nSPS) is 16.4. The Kier molecular flexibility index (Phi) is 6.45. The van der Waals surface area contributed by atoms with Crippen molar-refractivity contribution < 1.29 is 15.3 Å². The first-order chi connectivity index (χ1) is 5.20. The summed E-state index contributed by atoms with van der Waals surface area (Å²) in [6.07, 6.45) is -0.694. The minimum absolute atomic E-state index is 0.141. The largest absolute Gasteiger partial charge is 0.396 e. The minimum Gasteiger partial charge on any atom is -0.396 e. The highest BCUT2D eigenvalue weighted by Crippen LogP contribution is 1.88. The molecule has 0 heterocycles. The molecular formula is C7H17NO3. The van der Waals surface area contributed by atoms with Gasteiger partial charge in [-0.05, 0) is 12.5 Å². The van der Waals surface area contributed by atoms with Gasteiger partial charge in [-0.1, -0.05) is 6.92 Å². The summed E-state index contributed by atoms with van der Waals surface area (Å²) in [6, 6.07) is 0. The Hall–Kier alpha value is -0.160. The van der Waals surface area contributed by atoms with Crippen molar-refractivity contribution in [2.24, 2.45) is 5.92 Å². The average Bonchev–Trinajstić information content (AvgIpc) is 2.04. The van der Waals surface area contributed by atoms with Crippen LogP contribution in [0.15, 0.2) is 0 Å². The van der Waals surface area contributed by atoms with Crippen molar-refractivity contribution in [2.45, 2.75) is 13.0 Å². The SMILES string of the molecule is CC(CO)CNCC(O)CO. The van der Waals surface area contributed by atoms with Crippen LogP contribution in [0.2, 0.25) is 0 Å². The van der Waals surface area contributed by atoms with Gasteiger partial charge >= 0.3 is 0 Å². The maximum Gasteiger partial charge on any atom is 0.0894 e. The molecule has 4 N–H and O–H groups in total. The lowest BCUT2D eigenvalue weighted by Gasteiger charge is -2.11. The van der Waals surface area contributed by atoms with E-state index < -0.39 is 6.10 Å². The second-order valence-electron chi connectivity index (χ2n) is 2.78. The number of hydrogen-bond acceptors (Lipinski definition) is 4. The van der Waals surface area contributed by atoms with E-state index in [1.165, 1.54) is 0 Å². The van der Waals surface area contributed by atoms with E-state index in [1.54, 1.807) is 0 Å². The molecule has 0 aromatic carbocycles. The molecule has 0 rings (SSSR count). The maximum absolute atomic E-state index is 8.87. The van der Waals surface area contributed by atoms with Gasteiger partial charge in [0, 0.05) is 13.2 Å². The monoisotopic (exact) mass is 163 g/mol. The first kappa shape index (κ1) is 10.8. The molecule has 4 nitrogen and oxygen atoms in total. The molecule has 0 aromatic rings. The van der Waals surface area contributed by atoms with Crippen LogP contribution in [0, 0.1) is 5.92 Å². The van der Waals surface area contributed by atoms with Gasteiger partial charge in [0.1, 0.15) is 0 Å². The van der Waals surface area contributed by atoms with Crippen LogP contribution < -0.4 is 5.32 Å². The first-order valence-corrected chi connectivity index (χ1v) is 3.81. The maximum atomic E-state index is 8.87. The quantitative estimate of drug-likeness (QED) is 0.387. The summed E-state index contributed by atoms with van der Waals surface area (Å²) >= 11 is 0. The Morgan fingerprint density at radius 2 is 1.82 bits per heavy atom. The third-order valence-corrected chi connectivity index (χ3v) is 1.40. The van der Waals surface area contributed by atoms with Gasteiger partial charge in [-0.3, -0.25) is 0 Å². The van der Waals surface area contributed by atoms with Crippen LogP contribution in [-0.4, -0.2) is 47.7 Å². The molecule has 2 unspecified atom stereocenters. The summed E-state index contributed by atoms with van der Waals surface area (Å²) in [7, 11) is 0. The predicted octanol–water partition coefficient (Wildman–Crippen LogP) is -1.44. The minimum atomic E-state index is -0.694. The topological polar surface area (TPSA) is 72.7 Å². The smallest absolute Gasteiger partial charge is 0.0894 e. The van der Waals surface area contributed by atoms with E-state index in [9.17, 15) is 0 Å². The Morgan fingerprint density at radius 3 is 2.27 bits per heavy atom. The molecule has 0 aliphatic carbocycles. The van der Waals surface area contributed by atoms with Crippen LogP contribution in [0.1, 0.15) is 6.92 Å². The molecule has 0 aliphatic heterocycles. The number of nitrogens with one attached hydrogen (secondary N) is 1. The van der Waals surface area contributed by atoms with Crippen molar-refractivity contribution in [3.05, 3.63) is 0 Å². The molecule has 0 aromatic heterocycles. The van der Waals surface area contributed by atoms with Gasteiger partial charge in [0.05, 0.1) is 12.7 Å². The lowest BCUT2D eigenvalue weighted by atomic mass is 10.2. The molecule has 0 radical (unpaired) electrons. The summed E-state index contributed by atoms with van der Waals surface area (Å²) < 4.78 is 0. The molecule has 0 fully saturated rings. The third kappa shape index (κ3) is 6.25. The highest BCUT2D eigenvalue weighted by Gasteiger charge is 2.02. The molecule has 0 spiro atoms. The second kappa shape index (κ2) is 6.54. The molecule has 68 valence electrons. The Bertz CT molecular complexity index is 79.8. The molecule has 0 saturated carbocycles. The van der Waals surface area contributed by atoms with E-state index in [1.807, 2.05) is 6.92 Å². The summed E-state index contributed by atoms with van der Waals surface area (Å²) in [5.74, 6) is 0.195. The van der Waals surface area contributed by atoms with Crippen molar-refractivity contribution in [3.63, 3.8) is 0 Å². The van der Waals surface area contributed by atoms with E-state index in [0.29, 0.717) is 13.1 Å². The second-order valence-corrected chi connectivity index (χ2v) is 2.78. The Labute approximate surface area is 66.9 Å². The van der Waals surface area contributed by atoms with E-state index in [2.05, 4.69) is 5.32 Å². The number of aliphatic hydroxyl groups is 3. The van der Waals surface area contributed by atoms with Crippen LogP contribution in [0.5, 0.6) is 0 Å². The van der Waals surface area contributed by atoms with Crippen LogP contribution in [0.4, 0.5) is 0 Å². The molecular weight excluding hydrogens is 146 g/mol. The zero-order valence-corrected chi connectivity index (χ0v) is 6.82. The van der Waals surface area contributed by atoms with Crippen molar-refractivity contribution in [2.75, 3.05) is 26.3 Å². The number of rotatable bonds is 6. The van der Waals surface area contributed by atoms with Crippen LogP contribution in [-0.2, 0) is 0 Å². The Morgan fingerprint density at radius 1 is 1.18 bits per heavy atom. The van der Waals surface area contributed by atoms with Crippen molar-refractivity contribution in [1.29, 1.82) is 0 Å². The van der Waals surface area contributed by atoms with Gasteiger partial charge < -0.3 is 20.6 Å². The molecule has 0 aliphatic rings. The van der Waals surface area contributed by atoms with Crippen molar-refractivity contribution in [1.82, 2.24) is 5.32 Å². The van der Waals surface area contributed by atoms with Gasteiger partial charge in [0.25, 0.3) is 0 Å². The van der Waals surface area contributed by atoms with Crippen LogP contribution >= 0.6 is 0 Å². The summed E-state index contributed by atoms with van der Waals surface area (Å²) in [5, 5.41) is 28.8. The van der Waals surface area contributed by atoms with Gasteiger partial charge in [0.2, 0.25) is 0 Å². The van der Waals surface area contributed by atoms with Crippen molar-refractivity contribution >= 4 is 0 Å². The molecule has 11 heavy (non-hydrogen) atoms. The van der Waals surface area contributed by atoms with E-state index >= 15 is 0 Å². The van der Waals surface area contributed by atoms with Gasteiger partial charge in [-0.15, -0.1) is 0 Å². The lowest BCUT2D eigenvalue weighted by molar-refractivity contribution is 0.0927. The Balaban J connectivity index is 3.13. The fraction of sp³-hybridized carbons (Fsp3) is 1.00. The number of hydrogen-bond donors (Lipinski definition) is 4. The highest BCUT2D eigenvalue weighted by atomic mass is 16.3. The average molecular weight is 163 g/mol. The lowest BCUT2D eigenvalue weighted by Crippen LogP contribution is -2.32. The molecule has 0 bridgehead atoms. The third-order valence-electron chi connectivity index (χ3n) is 1.40. The summed E-state index contributed by atoms with van der Waals surface area (Å²) in [5.41, 5.74) is 0. The number of aliphatic hydroxyl groups excluding tert-OH is 3. The highest BCUT2D eigenvalue weighted by molar-refractivity contribution is 4.59. The first-order valence-electron chi connectivity index (χ1n) is 3.81. The molecule has 0 saturated heterocycles. The van der Waals surface area contributed by atoms with Crippen LogP contribution in [0.25, 0.3) is 0 Å². The van der Waals surface area contributed by atoms with Crippen molar-refractivity contribution in [3.8, 4) is 0 Å². The zero-order chi connectivity index (χ0) is 8.69. The van der Waals surface area contributed by atoms with Gasteiger partial charge in [0.15, 0.2) is 0 Å². The van der Waals surface area contributed by atoms with E-state index in [-0.39, 0.29) is 19.1 Å². The van der Waals surface area contributed by atoms with E-state index in [0.717, 1.165) is 0 Å². The zero-order valence-electron chi connectivity index (χ0n) is 6.82. The summed E-state index contributed by atoms with van der Waals surface area (Å²) in [6.45, 7) is 2.86. The molecule has 4 heteroatoms. The van der Waals surface area contributed by atoms with Gasteiger partial charge in [-0.2, -0.15) is 0 Å². The predicted molar refractivity (Wildman–Crippen MR) is 42.2 cm³/mol.